The summed E-state index contributed by atoms with van der Waals surface area (Å²) >= 11 is 0. The van der Waals surface area contributed by atoms with E-state index in [2.05, 4.69) is 11.9 Å². The number of Topliss-reactive ketones (excluding diaryl/α,β-unsaturated/α-hetero) is 1. The van der Waals surface area contributed by atoms with Crippen molar-refractivity contribution in [3.8, 4) is 0 Å². The maximum Gasteiger partial charge on any atom is 0.137 e. The molecular formula is C11H19NO2. The average molecular weight is 197 g/mol. The van der Waals surface area contributed by atoms with Gasteiger partial charge in [0, 0.05) is 19.2 Å². The fourth-order valence-corrected chi connectivity index (χ4v) is 3.20. The Morgan fingerprint density at radius 2 is 2.14 bits per heavy atom. The van der Waals surface area contributed by atoms with Gasteiger partial charge >= 0.3 is 0 Å². The number of hydrogen-bond acceptors (Lipinski definition) is 3. The zero-order chi connectivity index (χ0) is 10.3. The van der Waals surface area contributed by atoms with Gasteiger partial charge in [0.2, 0.25) is 0 Å². The van der Waals surface area contributed by atoms with E-state index in [4.69, 9.17) is 4.74 Å². The highest BCUT2D eigenvalue weighted by molar-refractivity contribution is 5.80. The molecule has 3 heteroatoms. The van der Waals surface area contributed by atoms with Crippen molar-refractivity contribution in [2.75, 3.05) is 14.2 Å². The van der Waals surface area contributed by atoms with Crippen molar-refractivity contribution in [3.05, 3.63) is 0 Å². The first-order valence-electron chi connectivity index (χ1n) is 5.40. The Morgan fingerprint density at radius 1 is 1.43 bits per heavy atom. The van der Waals surface area contributed by atoms with Gasteiger partial charge in [-0.15, -0.1) is 0 Å². The zero-order valence-electron chi connectivity index (χ0n) is 9.19. The third-order valence-electron chi connectivity index (χ3n) is 3.99. The van der Waals surface area contributed by atoms with Crippen molar-refractivity contribution in [1.82, 2.24) is 4.90 Å². The molecule has 0 amide bonds. The molecule has 3 nitrogen and oxygen atoms in total. The van der Waals surface area contributed by atoms with Crippen LogP contribution in [0.3, 0.4) is 0 Å². The largest absolute Gasteiger partial charge is 0.381 e. The normalized spacial score (nSPS) is 42.8. The second kappa shape index (κ2) is 3.63. The lowest BCUT2D eigenvalue weighted by atomic mass is 9.85. The molecule has 0 N–H and O–H groups in total. The Kier molecular flexibility index (Phi) is 2.62. The molecule has 2 rings (SSSR count). The van der Waals surface area contributed by atoms with Crippen molar-refractivity contribution >= 4 is 5.78 Å². The van der Waals surface area contributed by atoms with Gasteiger partial charge in [0.25, 0.3) is 0 Å². The van der Waals surface area contributed by atoms with Gasteiger partial charge in [0.15, 0.2) is 0 Å². The first-order chi connectivity index (χ1) is 6.65. The smallest absolute Gasteiger partial charge is 0.137 e. The van der Waals surface area contributed by atoms with Crippen LogP contribution in [-0.2, 0) is 9.53 Å². The third-order valence-corrected chi connectivity index (χ3v) is 3.99. The van der Waals surface area contributed by atoms with Crippen molar-refractivity contribution in [1.29, 1.82) is 0 Å². The molecule has 0 radical (unpaired) electrons. The molecule has 0 spiro atoms. The number of methoxy groups -OCH3 is 1. The van der Waals surface area contributed by atoms with Crippen LogP contribution in [0.15, 0.2) is 0 Å². The van der Waals surface area contributed by atoms with Crippen LogP contribution in [-0.4, -0.2) is 43.0 Å². The summed E-state index contributed by atoms with van der Waals surface area (Å²) in [6.45, 7) is 1.70. The number of rotatable bonds is 2. The molecule has 2 aliphatic heterocycles. The Hall–Kier alpha value is -0.410. The summed E-state index contributed by atoms with van der Waals surface area (Å²) in [6, 6.07) is 1.07. The summed E-state index contributed by atoms with van der Waals surface area (Å²) in [5.74, 6) is 0.387. The summed E-state index contributed by atoms with van der Waals surface area (Å²) in [6.07, 6.45) is 3.56. The van der Waals surface area contributed by atoms with Crippen molar-refractivity contribution in [2.45, 2.75) is 44.4 Å². The van der Waals surface area contributed by atoms with Crippen molar-refractivity contribution < 1.29 is 9.53 Å². The third kappa shape index (κ3) is 1.39. The fourth-order valence-electron chi connectivity index (χ4n) is 3.20. The number of carbonyl (C=O) groups excluding carboxylic acids is 1. The number of hydrogen-bond donors (Lipinski definition) is 0. The minimum Gasteiger partial charge on any atom is -0.381 e. The summed E-state index contributed by atoms with van der Waals surface area (Å²) in [7, 11) is 3.87. The fraction of sp³-hybridized carbons (Fsp3) is 0.909. The number of ether oxygens (including phenoxy) is 1. The van der Waals surface area contributed by atoms with Crippen LogP contribution in [0, 0.1) is 5.92 Å². The second-order valence-electron chi connectivity index (χ2n) is 4.61. The van der Waals surface area contributed by atoms with E-state index in [1.54, 1.807) is 14.0 Å². The molecule has 0 unspecified atom stereocenters. The SMILES string of the molecule is CO[C@@H]1C[C@H]2CC[C@@H]([C@H]1C(C)=O)N2C. The standard InChI is InChI=1S/C11H19NO2/c1-7(13)11-9-5-4-8(12(9)2)6-10(11)14-3/h8-11H,4-6H2,1-3H3/t8-,9+,10-,11-/m1/s1. The van der Waals surface area contributed by atoms with E-state index in [1.807, 2.05) is 0 Å². The number of nitrogens with zero attached hydrogens (tertiary/aromatic N) is 1. The molecule has 2 heterocycles. The Morgan fingerprint density at radius 3 is 2.71 bits per heavy atom. The monoisotopic (exact) mass is 197 g/mol. The van der Waals surface area contributed by atoms with Gasteiger partial charge in [-0.2, -0.15) is 0 Å². The van der Waals surface area contributed by atoms with Crippen LogP contribution in [0.25, 0.3) is 0 Å². The van der Waals surface area contributed by atoms with Gasteiger partial charge in [-0.1, -0.05) is 0 Å². The topological polar surface area (TPSA) is 29.5 Å². The first-order valence-corrected chi connectivity index (χ1v) is 5.40. The zero-order valence-corrected chi connectivity index (χ0v) is 9.19. The molecule has 14 heavy (non-hydrogen) atoms. The highest BCUT2D eigenvalue weighted by atomic mass is 16.5. The van der Waals surface area contributed by atoms with Crippen LogP contribution in [0.1, 0.15) is 26.2 Å². The number of ketones is 1. The maximum atomic E-state index is 11.6. The predicted molar refractivity (Wildman–Crippen MR) is 54.2 cm³/mol. The lowest BCUT2D eigenvalue weighted by Crippen LogP contribution is -2.52. The summed E-state index contributed by atoms with van der Waals surface area (Å²) in [5, 5.41) is 0. The van der Waals surface area contributed by atoms with Gasteiger partial charge in [-0.25, -0.2) is 0 Å². The number of carbonyl (C=O) groups is 1. The van der Waals surface area contributed by atoms with Crippen LogP contribution in [0.2, 0.25) is 0 Å². The van der Waals surface area contributed by atoms with Gasteiger partial charge in [0.1, 0.15) is 5.78 Å². The highest BCUT2D eigenvalue weighted by Gasteiger charge is 2.47. The van der Waals surface area contributed by atoms with Crippen LogP contribution < -0.4 is 0 Å². The lowest BCUT2D eigenvalue weighted by Gasteiger charge is -2.41. The summed E-state index contributed by atoms with van der Waals surface area (Å²) < 4.78 is 5.45. The first kappa shape index (κ1) is 10.1. The van der Waals surface area contributed by atoms with Gasteiger partial charge < -0.3 is 4.74 Å². The van der Waals surface area contributed by atoms with E-state index >= 15 is 0 Å². The number of fused-ring (bicyclic) bond motifs is 2. The molecule has 4 atom stereocenters. The maximum absolute atomic E-state index is 11.6. The van der Waals surface area contributed by atoms with Crippen molar-refractivity contribution in [3.63, 3.8) is 0 Å². The van der Waals surface area contributed by atoms with E-state index in [0.29, 0.717) is 12.1 Å². The molecule has 2 aliphatic rings. The molecule has 0 aliphatic carbocycles. The number of piperidine rings is 1. The average Bonchev–Trinajstić information content (AvgIpc) is 2.39. The minimum atomic E-state index is 0.101. The minimum absolute atomic E-state index is 0.101. The lowest BCUT2D eigenvalue weighted by molar-refractivity contribution is -0.132. The highest BCUT2D eigenvalue weighted by Crippen LogP contribution is 2.39. The van der Waals surface area contributed by atoms with Gasteiger partial charge in [-0.05, 0) is 33.2 Å². The van der Waals surface area contributed by atoms with E-state index in [1.165, 1.54) is 6.42 Å². The predicted octanol–water partition coefficient (Wildman–Crippen LogP) is 1.07. The second-order valence-corrected chi connectivity index (χ2v) is 4.61. The molecular weight excluding hydrogens is 178 g/mol. The Bertz CT molecular complexity index is 241. The van der Waals surface area contributed by atoms with E-state index in [0.717, 1.165) is 12.8 Å². The molecule has 0 saturated carbocycles. The van der Waals surface area contributed by atoms with Crippen LogP contribution in [0.5, 0.6) is 0 Å². The Balaban J connectivity index is 2.21. The molecule has 80 valence electrons. The molecule has 0 aromatic rings. The van der Waals surface area contributed by atoms with Crippen LogP contribution in [0.4, 0.5) is 0 Å². The Labute approximate surface area is 85.4 Å². The summed E-state index contributed by atoms with van der Waals surface area (Å²) in [4.78, 5) is 14.0. The van der Waals surface area contributed by atoms with E-state index < -0.39 is 0 Å². The van der Waals surface area contributed by atoms with E-state index in [9.17, 15) is 4.79 Å². The molecule has 0 aromatic carbocycles. The quantitative estimate of drug-likeness (QED) is 0.663. The molecule has 2 fully saturated rings. The molecule has 0 aromatic heterocycles. The van der Waals surface area contributed by atoms with Crippen LogP contribution >= 0.6 is 0 Å². The van der Waals surface area contributed by atoms with Gasteiger partial charge in [-0.3, -0.25) is 9.69 Å². The van der Waals surface area contributed by atoms with E-state index in [-0.39, 0.29) is 17.8 Å². The van der Waals surface area contributed by atoms with Crippen molar-refractivity contribution in [2.24, 2.45) is 5.92 Å². The molecule has 2 saturated heterocycles. The van der Waals surface area contributed by atoms with Gasteiger partial charge in [0.05, 0.1) is 12.0 Å². The molecule has 2 bridgehead atoms. The summed E-state index contributed by atoms with van der Waals surface area (Å²) in [5.41, 5.74) is 0.